The van der Waals surface area contributed by atoms with E-state index in [-0.39, 0.29) is 11.6 Å². The molecule has 30 heavy (non-hydrogen) atoms. The van der Waals surface area contributed by atoms with E-state index < -0.39 is 0 Å². The van der Waals surface area contributed by atoms with Gasteiger partial charge in [-0.25, -0.2) is 4.79 Å². The van der Waals surface area contributed by atoms with Crippen LogP contribution in [-0.2, 0) is 0 Å². The number of carbonyl (C=O) groups excluding carboxylic acids is 1. The number of piperidine rings is 3. The van der Waals surface area contributed by atoms with Crippen molar-refractivity contribution in [2.45, 2.75) is 25.3 Å². The first-order valence-corrected chi connectivity index (χ1v) is 11.3. The number of nitrogens with one attached hydrogen (secondary N) is 1. The Labute approximate surface area is 179 Å². The number of amides is 2. The molecule has 4 saturated heterocycles. The first-order chi connectivity index (χ1) is 14.6. The minimum Gasteiger partial charge on any atom is -0.368 e. The Morgan fingerprint density at radius 2 is 1.60 bits per heavy atom. The lowest BCUT2D eigenvalue weighted by atomic mass is 9.74. The van der Waals surface area contributed by atoms with Crippen molar-refractivity contribution >= 4 is 11.7 Å². The van der Waals surface area contributed by atoms with E-state index in [1.165, 1.54) is 42.7 Å². The van der Waals surface area contributed by atoms with E-state index in [0.29, 0.717) is 5.92 Å². The van der Waals surface area contributed by atoms with Crippen molar-refractivity contribution in [3.05, 3.63) is 54.6 Å². The largest absolute Gasteiger partial charge is 0.368 e. The van der Waals surface area contributed by atoms with Crippen LogP contribution in [0.15, 0.2) is 54.6 Å². The van der Waals surface area contributed by atoms with Crippen molar-refractivity contribution in [3.63, 3.8) is 0 Å². The second kappa shape index (κ2) is 7.95. The third kappa shape index (κ3) is 3.79. The van der Waals surface area contributed by atoms with Crippen molar-refractivity contribution in [1.29, 1.82) is 0 Å². The smallest absolute Gasteiger partial charge is 0.317 e. The number of benzene rings is 2. The highest BCUT2D eigenvalue weighted by molar-refractivity contribution is 5.76. The predicted octanol–water partition coefficient (Wildman–Crippen LogP) is 3.67. The summed E-state index contributed by atoms with van der Waals surface area (Å²) in [5, 5.41) is 3.41. The molecule has 4 heterocycles. The van der Waals surface area contributed by atoms with Gasteiger partial charge in [0.25, 0.3) is 0 Å². The highest BCUT2D eigenvalue weighted by Crippen LogP contribution is 2.35. The van der Waals surface area contributed by atoms with Crippen LogP contribution >= 0.6 is 0 Å². The standard InChI is InChI=1S/C25H32N4O/c1-25(19-27-12-10-22(25)11-13-27)26-24(30)29-16-14-28(15-17-29)23-9-5-8-21(18-23)20-6-3-2-4-7-20/h2-9,18,22H,10-17,19H2,1H3,(H,26,30). The van der Waals surface area contributed by atoms with Gasteiger partial charge >= 0.3 is 6.03 Å². The Balaban J connectivity index is 1.20. The maximum atomic E-state index is 13.0. The molecule has 2 amide bonds. The van der Waals surface area contributed by atoms with Gasteiger partial charge in [-0.1, -0.05) is 42.5 Å². The van der Waals surface area contributed by atoms with E-state index in [4.69, 9.17) is 0 Å². The van der Waals surface area contributed by atoms with Crippen molar-refractivity contribution in [2.75, 3.05) is 50.7 Å². The fraction of sp³-hybridized carbons (Fsp3) is 0.480. The van der Waals surface area contributed by atoms with Crippen LogP contribution in [0.2, 0.25) is 0 Å². The van der Waals surface area contributed by atoms with E-state index >= 15 is 0 Å². The maximum absolute atomic E-state index is 13.0. The van der Waals surface area contributed by atoms with Gasteiger partial charge in [0.05, 0.1) is 5.54 Å². The zero-order valence-electron chi connectivity index (χ0n) is 17.9. The topological polar surface area (TPSA) is 38.8 Å². The van der Waals surface area contributed by atoms with Crippen LogP contribution in [0.3, 0.4) is 0 Å². The fourth-order valence-electron chi connectivity index (χ4n) is 5.47. The summed E-state index contributed by atoms with van der Waals surface area (Å²) in [5.74, 6) is 0.619. The molecule has 158 valence electrons. The van der Waals surface area contributed by atoms with Gasteiger partial charge < -0.3 is 20.0 Å². The molecule has 5 heteroatoms. The molecule has 0 spiro atoms. The van der Waals surface area contributed by atoms with E-state index in [1.807, 2.05) is 11.0 Å². The van der Waals surface area contributed by atoms with Gasteiger partial charge in [-0.15, -0.1) is 0 Å². The van der Waals surface area contributed by atoms with E-state index in [9.17, 15) is 4.79 Å². The van der Waals surface area contributed by atoms with Crippen LogP contribution in [0.5, 0.6) is 0 Å². The number of carbonyl (C=O) groups is 1. The molecule has 2 bridgehead atoms. The molecule has 0 aromatic heterocycles. The lowest BCUT2D eigenvalue weighted by Crippen LogP contribution is -2.67. The monoisotopic (exact) mass is 404 g/mol. The molecule has 1 atom stereocenters. The van der Waals surface area contributed by atoms with Crippen molar-refractivity contribution in [2.24, 2.45) is 5.92 Å². The molecule has 4 aliphatic rings. The molecule has 0 aliphatic carbocycles. The molecule has 0 radical (unpaired) electrons. The Hall–Kier alpha value is -2.53. The Kier molecular flexibility index (Phi) is 5.15. The number of fused-ring (bicyclic) bond motifs is 3. The zero-order valence-corrected chi connectivity index (χ0v) is 17.9. The van der Waals surface area contributed by atoms with E-state index in [2.05, 4.69) is 70.6 Å². The lowest BCUT2D eigenvalue weighted by Gasteiger charge is -2.52. The fourth-order valence-corrected chi connectivity index (χ4v) is 5.47. The Morgan fingerprint density at radius 3 is 2.27 bits per heavy atom. The summed E-state index contributed by atoms with van der Waals surface area (Å²) in [4.78, 5) is 19.9. The first kappa shape index (κ1) is 19.4. The van der Waals surface area contributed by atoms with E-state index in [0.717, 1.165) is 32.7 Å². The molecule has 2 aromatic rings. The summed E-state index contributed by atoms with van der Waals surface area (Å²) >= 11 is 0. The molecule has 5 nitrogen and oxygen atoms in total. The highest BCUT2D eigenvalue weighted by Gasteiger charge is 2.44. The summed E-state index contributed by atoms with van der Waals surface area (Å²) < 4.78 is 0. The number of hydrogen-bond acceptors (Lipinski definition) is 3. The molecule has 4 aliphatic heterocycles. The third-order valence-corrected chi connectivity index (χ3v) is 7.32. The summed E-state index contributed by atoms with van der Waals surface area (Å²) in [6, 6.07) is 19.4. The highest BCUT2D eigenvalue weighted by atomic mass is 16.2. The van der Waals surface area contributed by atoms with Gasteiger partial charge in [0.2, 0.25) is 0 Å². The number of nitrogens with zero attached hydrogens (tertiary/aromatic N) is 3. The number of rotatable bonds is 3. The summed E-state index contributed by atoms with van der Waals surface area (Å²) in [5.41, 5.74) is 3.64. The van der Waals surface area contributed by atoms with Crippen molar-refractivity contribution < 1.29 is 4.79 Å². The number of piperazine rings is 1. The average Bonchev–Trinajstić information content (AvgIpc) is 2.80. The Bertz CT molecular complexity index is 885. The molecule has 6 rings (SSSR count). The minimum atomic E-state index is -0.0747. The predicted molar refractivity (Wildman–Crippen MR) is 122 cm³/mol. The molecule has 0 saturated carbocycles. The van der Waals surface area contributed by atoms with Crippen LogP contribution in [0.25, 0.3) is 11.1 Å². The number of urea groups is 1. The number of anilines is 1. The first-order valence-electron chi connectivity index (χ1n) is 11.3. The second-order valence-corrected chi connectivity index (χ2v) is 9.29. The van der Waals surface area contributed by atoms with Gasteiger partial charge in [0.15, 0.2) is 0 Å². The molecule has 4 fully saturated rings. The maximum Gasteiger partial charge on any atom is 0.317 e. The van der Waals surface area contributed by atoms with Gasteiger partial charge in [0.1, 0.15) is 0 Å². The molecule has 1 N–H and O–H groups in total. The van der Waals surface area contributed by atoms with Crippen molar-refractivity contribution in [3.8, 4) is 11.1 Å². The lowest BCUT2D eigenvalue weighted by molar-refractivity contribution is 0.0198. The SMILES string of the molecule is CC1(NC(=O)N2CCN(c3cccc(-c4ccccc4)c3)CC2)CN2CCC1CC2. The summed E-state index contributed by atoms with van der Waals surface area (Å²) in [6.45, 7) is 8.91. The van der Waals surface area contributed by atoms with Gasteiger partial charge in [-0.3, -0.25) is 0 Å². The third-order valence-electron chi connectivity index (χ3n) is 7.32. The van der Waals surface area contributed by atoms with Crippen LogP contribution < -0.4 is 10.2 Å². The average molecular weight is 405 g/mol. The van der Waals surface area contributed by atoms with Crippen LogP contribution in [0.1, 0.15) is 19.8 Å². The van der Waals surface area contributed by atoms with E-state index in [1.54, 1.807) is 0 Å². The second-order valence-electron chi connectivity index (χ2n) is 9.29. The zero-order chi connectivity index (χ0) is 20.6. The normalized spacial score (nSPS) is 28.4. The quantitative estimate of drug-likeness (QED) is 0.848. The van der Waals surface area contributed by atoms with Crippen molar-refractivity contribution in [1.82, 2.24) is 15.1 Å². The van der Waals surface area contributed by atoms with Gasteiger partial charge in [0, 0.05) is 38.4 Å². The molecule has 1 unspecified atom stereocenters. The van der Waals surface area contributed by atoms with Gasteiger partial charge in [-0.05, 0) is 62.0 Å². The number of hydrogen-bond donors (Lipinski definition) is 1. The molecular formula is C25H32N4O. The van der Waals surface area contributed by atoms with Crippen LogP contribution in [0.4, 0.5) is 10.5 Å². The van der Waals surface area contributed by atoms with Crippen LogP contribution in [-0.4, -0.2) is 67.2 Å². The Morgan fingerprint density at radius 1 is 0.900 bits per heavy atom. The molecular weight excluding hydrogens is 372 g/mol. The summed E-state index contributed by atoms with van der Waals surface area (Å²) in [7, 11) is 0. The van der Waals surface area contributed by atoms with Crippen LogP contribution in [0, 0.1) is 5.92 Å². The molecule has 2 aromatic carbocycles. The minimum absolute atomic E-state index is 0.0747. The van der Waals surface area contributed by atoms with Gasteiger partial charge in [-0.2, -0.15) is 0 Å². The summed E-state index contributed by atoms with van der Waals surface area (Å²) in [6.07, 6.45) is 2.42.